The lowest BCUT2D eigenvalue weighted by Crippen LogP contribution is -2.62. The minimum atomic E-state index is -0.861. The molecule has 2 saturated heterocycles. The maximum atomic E-state index is 10.4. The number of hydrogen-bond donors (Lipinski definition) is 4. The molecule has 2 heterocycles. The first-order valence-electron chi connectivity index (χ1n) is 5.53. The lowest BCUT2D eigenvalue weighted by molar-refractivity contribution is -0.176. The van der Waals surface area contributed by atoms with E-state index in [1.54, 1.807) is 0 Å². The molecule has 2 rings (SSSR count). The van der Waals surface area contributed by atoms with Crippen LogP contribution >= 0.6 is 0 Å². The van der Waals surface area contributed by atoms with Crippen LogP contribution in [0.1, 0.15) is 25.7 Å². The first kappa shape index (κ1) is 10.4. The molecule has 0 aromatic heterocycles. The molecular formula is C10H20N2O2. The summed E-state index contributed by atoms with van der Waals surface area (Å²) in [6.07, 6.45) is 2.68. The molecule has 0 bridgehead atoms. The second kappa shape index (κ2) is 3.77. The molecule has 0 saturated carbocycles. The van der Waals surface area contributed by atoms with Crippen molar-refractivity contribution in [3.63, 3.8) is 0 Å². The molecule has 0 amide bonds. The summed E-state index contributed by atoms with van der Waals surface area (Å²) in [7, 11) is 0. The second-order valence-corrected chi connectivity index (χ2v) is 4.56. The predicted molar refractivity (Wildman–Crippen MR) is 54.1 cm³/mol. The molecule has 2 fully saturated rings. The van der Waals surface area contributed by atoms with Crippen LogP contribution in [0.4, 0.5) is 0 Å². The zero-order chi connectivity index (χ0) is 10.1. The van der Waals surface area contributed by atoms with Crippen LogP contribution in [0.5, 0.6) is 0 Å². The van der Waals surface area contributed by atoms with Gasteiger partial charge in [-0.15, -0.1) is 0 Å². The van der Waals surface area contributed by atoms with E-state index < -0.39 is 11.2 Å². The van der Waals surface area contributed by atoms with Crippen molar-refractivity contribution in [1.82, 2.24) is 10.6 Å². The van der Waals surface area contributed by atoms with Crippen LogP contribution < -0.4 is 10.6 Å². The van der Waals surface area contributed by atoms with Crippen LogP contribution in [0, 0.1) is 0 Å². The third kappa shape index (κ3) is 1.67. The molecule has 0 aromatic carbocycles. The fourth-order valence-corrected chi connectivity index (χ4v) is 2.61. The molecule has 4 heteroatoms. The van der Waals surface area contributed by atoms with Gasteiger partial charge < -0.3 is 20.8 Å². The first-order chi connectivity index (χ1) is 6.66. The quantitative estimate of drug-likeness (QED) is 0.448. The van der Waals surface area contributed by atoms with Gasteiger partial charge >= 0.3 is 0 Å². The monoisotopic (exact) mass is 200 g/mol. The highest BCUT2D eigenvalue weighted by atomic mass is 16.4. The number of hydrogen-bond acceptors (Lipinski definition) is 4. The predicted octanol–water partition coefficient (Wildman–Crippen LogP) is -0.785. The molecule has 0 atom stereocenters. The van der Waals surface area contributed by atoms with Gasteiger partial charge in [-0.25, -0.2) is 0 Å². The zero-order valence-corrected chi connectivity index (χ0v) is 8.55. The van der Waals surface area contributed by atoms with Crippen molar-refractivity contribution in [2.75, 3.05) is 26.2 Å². The molecule has 0 radical (unpaired) electrons. The van der Waals surface area contributed by atoms with Gasteiger partial charge in [0.2, 0.25) is 0 Å². The summed E-state index contributed by atoms with van der Waals surface area (Å²) < 4.78 is 0. The number of aliphatic hydroxyl groups is 2. The SMILES string of the molecule is OC1(C2(O)CCNCC2)CCNCC1. The Morgan fingerprint density at radius 3 is 1.21 bits per heavy atom. The van der Waals surface area contributed by atoms with Gasteiger partial charge in [-0.1, -0.05) is 0 Å². The zero-order valence-electron chi connectivity index (χ0n) is 8.55. The molecular weight excluding hydrogens is 180 g/mol. The molecule has 0 spiro atoms. The molecule has 0 aliphatic carbocycles. The van der Waals surface area contributed by atoms with Gasteiger partial charge in [-0.05, 0) is 51.9 Å². The Balaban J connectivity index is 2.09. The number of piperidine rings is 2. The van der Waals surface area contributed by atoms with Gasteiger partial charge in [0, 0.05) is 0 Å². The summed E-state index contributed by atoms with van der Waals surface area (Å²) in [4.78, 5) is 0. The van der Waals surface area contributed by atoms with Crippen molar-refractivity contribution in [3.05, 3.63) is 0 Å². The van der Waals surface area contributed by atoms with Crippen LogP contribution in [0.3, 0.4) is 0 Å². The molecule has 4 N–H and O–H groups in total. The highest BCUT2D eigenvalue weighted by molar-refractivity contribution is 5.03. The van der Waals surface area contributed by atoms with Gasteiger partial charge in [0.15, 0.2) is 0 Å². The van der Waals surface area contributed by atoms with E-state index in [1.807, 2.05) is 0 Å². The van der Waals surface area contributed by atoms with Crippen molar-refractivity contribution in [2.24, 2.45) is 0 Å². The maximum Gasteiger partial charge on any atom is 0.0958 e. The van der Waals surface area contributed by atoms with Gasteiger partial charge in [-0.3, -0.25) is 0 Å². The molecule has 4 nitrogen and oxygen atoms in total. The van der Waals surface area contributed by atoms with Crippen LogP contribution in [0.25, 0.3) is 0 Å². The van der Waals surface area contributed by atoms with Crippen molar-refractivity contribution in [1.29, 1.82) is 0 Å². The van der Waals surface area contributed by atoms with E-state index in [-0.39, 0.29) is 0 Å². The summed E-state index contributed by atoms with van der Waals surface area (Å²) >= 11 is 0. The summed E-state index contributed by atoms with van der Waals surface area (Å²) in [5.74, 6) is 0. The van der Waals surface area contributed by atoms with E-state index in [1.165, 1.54) is 0 Å². The van der Waals surface area contributed by atoms with Crippen molar-refractivity contribution in [2.45, 2.75) is 36.9 Å². The minimum Gasteiger partial charge on any atom is -0.387 e. The van der Waals surface area contributed by atoms with Gasteiger partial charge in [0.25, 0.3) is 0 Å². The Bertz CT molecular complexity index is 174. The van der Waals surface area contributed by atoms with E-state index in [0.29, 0.717) is 25.7 Å². The summed E-state index contributed by atoms with van der Waals surface area (Å²) in [6, 6.07) is 0. The average molecular weight is 200 g/mol. The molecule has 0 aromatic rings. The van der Waals surface area contributed by atoms with E-state index in [4.69, 9.17) is 0 Å². The third-order valence-electron chi connectivity index (χ3n) is 3.73. The number of rotatable bonds is 1. The summed E-state index contributed by atoms with van der Waals surface area (Å²) in [6.45, 7) is 3.25. The highest BCUT2D eigenvalue weighted by Gasteiger charge is 2.49. The van der Waals surface area contributed by atoms with Crippen LogP contribution in [-0.2, 0) is 0 Å². The Morgan fingerprint density at radius 2 is 0.929 bits per heavy atom. The van der Waals surface area contributed by atoms with Gasteiger partial charge in [0.05, 0.1) is 11.2 Å². The largest absolute Gasteiger partial charge is 0.387 e. The molecule has 2 aliphatic rings. The Kier molecular flexibility index (Phi) is 2.79. The second-order valence-electron chi connectivity index (χ2n) is 4.56. The van der Waals surface area contributed by atoms with Crippen molar-refractivity contribution in [3.8, 4) is 0 Å². The van der Waals surface area contributed by atoms with E-state index >= 15 is 0 Å². The van der Waals surface area contributed by atoms with Crippen LogP contribution in [0.15, 0.2) is 0 Å². The van der Waals surface area contributed by atoms with Crippen molar-refractivity contribution >= 4 is 0 Å². The average Bonchev–Trinajstić information content (AvgIpc) is 2.20. The maximum absolute atomic E-state index is 10.4. The highest BCUT2D eigenvalue weighted by Crippen LogP contribution is 2.36. The van der Waals surface area contributed by atoms with Crippen molar-refractivity contribution < 1.29 is 10.2 Å². The molecule has 2 aliphatic heterocycles. The molecule has 0 unspecified atom stereocenters. The fourth-order valence-electron chi connectivity index (χ4n) is 2.61. The fraction of sp³-hybridized carbons (Fsp3) is 1.00. The normalized spacial score (nSPS) is 31.3. The number of nitrogens with one attached hydrogen (secondary N) is 2. The summed E-state index contributed by atoms with van der Waals surface area (Å²) in [5, 5.41) is 27.3. The van der Waals surface area contributed by atoms with Crippen LogP contribution in [-0.4, -0.2) is 47.6 Å². The van der Waals surface area contributed by atoms with E-state index in [9.17, 15) is 10.2 Å². The third-order valence-corrected chi connectivity index (χ3v) is 3.73. The topological polar surface area (TPSA) is 64.5 Å². The lowest BCUT2D eigenvalue weighted by Gasteiger charge is -2.48. The van der Waals surface area contributed by atoms with E-state index in [0.717, 1.165) is 26.2 Å². The standard InChI is InChI=1S/C10H20N2O2/c13-9(1-5-11-6-2-9)10(14)3-7-12-8-4-10/h11-14H,1-8H2. The Morgan fingerprint density at radius 1 is 0.643 bits per heavy atom. The Labute approximate surface area is 84.7 Å². The summed E-state index contributed by atoms with van der Waals surface area (Å²) in [5.41, 5.74) is -1.72. The molecule has 82 valence electrons. The smallest absolute Gasteiger partial charge is 0.0958 e. The minimum absolute atomic E-state index is 0.670. The molecule has 14 heavy (non-hydrogen) atoms. The lowest BCUT2D eigenvalue weighted by atomic mass is 9.71. The van der Waals surface area contributed by atoms with E-state index in [2.05, 4.69) is 10.6 Å². The van der Waals surface area contributed by atoms with Gasteiger partial charge in [0.1, 0.15) is 0 Å². The van der Waals surface area contributed by atoms with Gasteiger partial charge in [-0.2, -0.15) is 0 Å². The first-order valence-corrected chi connectivity index (χ1v) is 5.53. The van der Waals surface area contributed by atoms with Crippen LogP contribution in [0.2, 0.25) is 0 Å². The Hall–Kier alpha value is -0.160.